The Morgan fingerprint density at radius 2 is 2.25 bits per heavy atom. The summed E-state index contributed by atoms with van der Waals surface area (Å²) in [6, 6.07) is -1.15. The predicted molar refractivity (Wildman–Crippen MR) is 90.0 cm³/mol. The number of anilines is 1. The molecule has 28 heavy (non-hydrogen) atoms. The van der Waals surface area contributed by atoms with E-state index in [1.54, 1.807) is 0 Å². The molecular weight excluding hydrogens is 398 g/mol. The van der Waals surface area contributed by atoms with E-state index in [4.69, 9.17) is 20.1 Å². The number of carbonyl (C=O) groups is 4. The molecule has 0 radical (unpaired) electrons. The molecule has 3 N–H and O–H groups in total. The van der Waals surface area contributed by atoms with Gasteiger partial charge in [-0.05, 0) is 5.23 Å². The molecule has 0 saturated carbocycles. The van der Waals surface area contributed by atoms with Gasteiger partial charge in [-0.15, -0.1) is 11.3 Å². The van der Waals surface area contributed by atoms with E-state index in [-0.39, 0.29) is 36.0 Å². The summed E-state index contributed by atoms with van der Waals surface area (Å²) in [5.41, 5.74) is 5.51. The number of nitrogens with one attached hydrogen (secondary N) is 1. The molecule has 14 heteroatoms. The zero-order valence-electron chi connectivity index (χ0n) is 14.4. The molecular formula is C14H15N5O8S. The first-order valence-corrected chi connectivity index (χ1v) is 8.78. The zero-order chi connectivity index (χ0) is 20.3. The van der Waals surface area contributed by atoms with Crippen LogP contribution in [-0.4, -0.2) is 65.5 Å². The Balaban J connectivity index is 1.59. The number of cyclic esters (lactones) is 1. The summed E-state index contributed by atoms with van der Waals surface area (Å²) in [6.07, 6.45) is -0.878. The molecule has 2 amide bonds. The quantitative estimate of drug-likeness (QED) is 0.317. The van der Waals surface area contributed by atoms with Crippen molar-refractivity contribution in [1.82, 2.24) is 15.5 Å². The SMILES string of the molecule is CON=C(C(=O)NC1CON(OC(=O)C2CCC(=O)O2)C1=O)c1csc(N)n1. The van der Waals surface area contributed by atoms with Gasteiger partial charge in [0.05, 0.1) is 0 Å². The van der Waals surface area contributed by atoms with Crippen LogP contribution in [-0.2, 0) is 38.4 Å². The van der Waals surface area contributed by atoms with Crippen molar-refractivity contribution in [2.75, 3.05) is 19.5 Å². The standard InChI is InChI=1S/C14H15N5O8S/c1-24-18-10(7-5-28-14(15)17-7)11(21)16-6-4-25-19(12(6)22)27-13(23)8-2-3-9(20)26-8/h5-6,8H,2-4H2,1H3,(H2,15,17)(H,16,21). The summed E-state index contributed by atoms with van der Waals surface area (Å²) < 4.78 is 4.75. The molecule has 2 unspecified atom stereocenters. The van der Waals surface area contributed by atoms with Gasteiger partial charge in [-0.25, -0.2) is 14.6 Å². The lowest BCUT2D eigenvalue weighted by Crippen LogP contribution is -2.46. The highest BCUT2D eigenvalue weighted by Gasteiger charge is 2.41. The number of rotatable bonds is 6. The third kappa shape index (κ3) is 4.17. The fourth-order valence-corrected chi connectivity index (χ4v) is 2.88. The molecule has 2 saturated heterocycles. The van der Waals surface area contributed by atoms with Gasteiger partial charge in [-0.2, -0.15) is 0 Å². The van der Waals surface area contributed by atoms with Crippen molar-refractivity contribution in [1.29, 1.82) is 0 Å². The molecule has 13 nitrogen and oxygen atoms in total. The van der Waals surface area contributed by atoms with E-state index in [0.717, 1.165) is 11.3 Å². The Kier molecular flexibility index (Phi) is 5.70. The fourth-order valence-electron chi connectivity index (χ4n) is 2.33. The Labute approximate surface area is 161 Å². The Morgan fingerprint density at radius 3 is 2.86 bits per heavy atom. The summed E-state index contributed by atoms with van der Waals surface area (Å²) in [4.78, 5) is 65.9. The van der Waals surface area contributed by atoms with E-state index >= 15 is 0 Å². The third-order valence-electron chi connectivity index (χ3n) is 3.62. The van der Waals surface area contributed by atoms with Gasteiger partial charge in [0.25, 0.3) is 5.91 Å². The fraction of sp³-hybridized carbons (Fsp3) is 0.429. The van der Waals surface area contributed by atoms with Gasteiger partial charge in [0, 0.05) is 18.2 Å². The van der Waals surface area contributed by atoms with E-state index in [2.05, 4.69) is 20.3 Å². The molecule has 1 aromatic rings. The molecule has 0 bridgehead atoms. The van der Waals surface area contributed by atoms with Crippen LogP contribution < -0.4 is 11.1 Å². The number of oxime groups is 1. The normalized spacial score (nSPS) is 22.2. The highest BCUT2D eigenvalue weighted by molar-refractivity contribution is 7.13. The predicted octanol–water partition coefficient (Wildman–Crippen LogP) is -1.50. The number of thiazole rings is 1. The number of esters is 1. The van der Waals surface area contributed by atoms with E-state index in [0.29, 0.717) is 5.23 Å². The van der Waals surface area contributed by atoms with E-state index in [9.17, 15) is 19.2 Å². The van der Waals surface area contributed by atoms with Crippen molar-refractivity contribution < 1.29 is 38.4 Å². The third-order valence-corrected chi connectivity index (χ3v) is 4.30. The molecule has 2 fully saturated rings. The summed E-state index contributed by atoms with van der Waals surface area (Å²) in [6.45, 7) is -0.290. The first-order chi connectivity index (χ1) is 13.4. The van der Waals surface area contributed by atoms with Crippen molar-refractivity contribution in [3.05, 3.63) is 11.1 Å². The lowest BCUT2D eigenvalue weighted by atomic mass is 10.2. The average Bonchev–Trinajstić information content (AvgIpc) is 3.36. The van der Waals surface area contributed by atoms with Gasteiger partial charge >= 0.3 is 17.8 Å². The Morgan fingerprint density at radius 1 is 1.46 bits per heavy atom. The average molecular weight is 413 g/mol. The number of aromatic nitrogens is 1. The number of hydroxylamine groups is 2. The summed E-state index contributed by atoms with van der Waals surface area (Å²) in [7, 11) is 1.24. The first-order valence-electron chi connectivity index (χ1n) is 7.90. The summed E-state index contributed by atoms with van der Waals surface area (Å²) in [5, 5.41) is 8.03. The van der Waals surface area contributed by atoms with E-state index in [1.165, 1.54) is 12.5 Å². The van der Waals surface area contributed by atoms with Crippen LogP contribution in [0.3, 0.4) is 0 Å². The lowest BCUT2D eigenvalue weighted by Gasteiger charge is -2.15. The molecule has 2 atom stereocenters. The number of ether oxygens (including phenoxy) is 1. The summed E-state index contributed by atoms with van der Waals surface area (Å²) >= 11 is 1.10. The second-order valence-corrected chi connectivity index (χ2v) is 6.43. The van der Waals surface area contributed by atoms with Crippen LogP contribution in [0.4, 0.5) is 5.13 Å². The van der Waals surface area contributed by atoms with E-state index < -0.39 is 35.9 Å². The minimum Gasteiger partial charge on any atom is -0.450 e. The second-order valence-electron chi connectivity index (χ2n) is 5.54. The summed E-state index contributed by atoms with van der Waals surface area (Å²) in [5.74, 6) is -3.09. The van der Waals surface area contributed by atoms with Crippen LogP contribution in [0, 0.1) is 0 Å². The highest BCUT2D eigenvalue weighted by Crippen LogP contribution is 2.18. The van der Waals surface area contributed by atoms with Crippen LogP contribution in [0.25, 0.3) is 0 Å². The van der Waals surface area contributed by atoms with Gasteiger partial charge < -0.3 is 25.5 Å². The maximum absolute atomic E-state index is 12.4. The first kappa shape index (κ1) is 19.5. The molecule has 1 aromatic heterocycles. The van der Waals surface area contributed by atoms with Gasteiger partial charge in [0.15, 0.2) is 10.8 Å². The van der Waals surface area contributed by atoms with Crippen molar-refractivity contribution in [3.8, 4) is 0 Å². The highest BCUT2D eigenvalue weighted by atomic mass is 32.1. The van der Waals surface area contributed by atoms with Crippen LogP contribution in [0.2, 0.25) is 0 Å². The number of amides is 2. The number of carbonyl (C=O) groups excluding carboxylic acids is 4. The minimum atomic E-state index is -1.15. The molecule has 3 rings (SSSR count). The molecule has 0 spiro atoms. The minimum absolute atomic E-state index is 0.0794. The lowest BCUT2D eigenvalue weighted by molar-refractivity contribution is -0.306. The largest absolute Gasteiger partial charge is 0.450 e. The monoisotopic (exact) mass is 413 g/mol. The van der Waals surface area contributed by atoms with Crippen molar-refractivity contribution in [2.45, 2.75) is 25.0 Å². The second kappa shape index (κ2) is 8.18. The van der Waals surface area contributed by atoms with Crippen molar-refractivity contribution >= 4 is 45.9 Å². The van der Waals surface area contributed by atoms with Gasteiger partial charge in [-0.1, -0.05) is 5.16 Å². The number of hydrogen-bond acceptors (Lipinski definition) is 12. The molecule has 0 aromatic carbocycles. The molecule has 3 heterocycles. The zero-order valence-corrected chi connectivity index (χ0v) is 15.3. The van der Waals surface area contributed by atoms with Crippen LogP contribution in [0.5, 0.6) is 0 Å². The maximum Gasteiger partial charge on any atom is 0.375 e. The van der Waals surface area contributed by atoms with Gasteiger partial charge in [0.1, 0.15) is 25.5 Å². The number of nitrogen functional groups attached to an aromatic ring is 1. The number of hydrogen-bond donors (Lipinski definition) is 2. The maximum atomic E-state index is 12.4. The van der Waals surface area contributed by atoms with Crippen LogP contribution in [0.15, 0.2) is 10.5 Å². The smallest absolute Gasteiger partial charge is 0.375 e. The van der Waals surface area contributed by atoms with Crippen LogP contribution >= 0.6 is 11.3 Å². The molecule has 0 aliphatic carbocycles. The van der Waals surface area contributed by atoms with Gasteiger partial charge in [-0.3, -0.25) is 14.4 Å². The molecule has 2 aliphatic heterocycles. The Hall–Kier alpha value is -3.26. The number of nitrogens with two attached hydrogens (primary N) is 1. The van der Waals surface area contributed by atoms with E-state index in [1.807, 2.05) is 0 Å². The van der Waals surface area contributed by atoms with Crippen molar-refractivity contribution in [3.63, 3.8) is 0 Å². The topological polar surface area (TPSA) is 172 Å². The van der Waals surface area contributed by atoms with Crippen LogP contribution in [0.1, 0.15) is 18.5 Å². The van der Waals surface area contributed by atoms with Crippen molar-refractivity contribution in [2.24, 2.45) is 5.16 Å². The van der Waals surface area contributed by atoms with Gasteiger partial charge in [0.2, 0.25) is 6.10 Å². The number of nitrogens with zero attached hydrogens (tertiary/aromatic N) is 3. The molecule has 150 valence electrons. The Bertz CT molecular complexity index is 839. The molecule has 2 aliphatic rings.